The monoisotopic (exact) mass is 336 g/mol. The van der Waals surface area contributed by atoms with E-state index in [-0.39, 0.29) is 24.0 Å². The topological polar surface area (TPSA) is 148 Å². The van der Waals surface area contributed by atoms with Crippen LogP contribution in [0.15, 0.2) is 9.21 Å². The lowest BCUT2D eigenvalue weighted by molar-refractivity contribution is 0.0589. The van der Waals surface area contributed by atoms with E-state index in [1.165, 1.54) is 0 Å². The van der Waals surface area contributed by atoms with Crippen molar-refractivity contribution < 1.29 is 23.8 Å². The van der Waals surface area contributed by atoms with Gasteiger partial charge in [-0.2, -0.15) is 0 Å². The normalized spacial score (nSPS) is 11.3. The summed E-state index contributed by atoms with van der Waals surface area (Å²) in [7, 11) is 1.09. The highest BCUT2D eigenvalue weighted by molar-refractivity contribution is 5.92. The number of H-pyrrole nitrogens is 1. The molecule has 2 aromatic heterocycles. The number of nitrogens with one attached hydrogen (secondary N) is 1. The number of Topliss-reactive ketones (excluding diaryl/α,β-unsaturated/α-hetero) is 1. The lowest BCUT2D eigenvalue weighted by atomic mass is 9.86. The minimum Gasteiger partial charge on any atom is -0.501 e. The molecule has 0 aliphatic heterocycles. The fourth-order valence-electron chi connectivity index (χ4n) is 2.00. The second-order valence-electron chi connectivity index (χ2n) is 5.71. The Morgan fingerprint density at radius 1 is 1.33 bits per heavy atom. The van der Waals surface area contributed by atoms with Gasteiger partial charge in [-0.3, -0.25) is 9.59 Å². The van der Waals surface area contributed by atoms with E-state index >= 15 is 0 Å². The van der Waals surface area contributed by atoms with Crippen LogP contribution < -0.4 is 5.56 Å². The van der Waals surface area contributed by atoms with Crippen molar-refractivity contribution in [3.05, 3.63) is 33.7 Å². The SMILES string of the molecule is COC(=O)c1nc(C(C)(C)CC(=O)c2nnc(C)o2)[nH]c(=O)c1O. The first-order chi connectivity index (χ1) is 11.2. The van der Waals surface area contributed by atoms with Crippen LogP contribution in [-0.4, -0.2) is 44.1 Å². The Labute approximate surface area is 135 Å². The van der Waals surface area contributed by atoms with E-state index < -0.39 is 34.2 Å². The standard InChI is InChI=1S/C14H16N4O6/c1-6-17-18-11(24-6)7(19)5-14(2,3)13-15-8(12(22)23-4)9(20)10(21)16-13/h20H,5H2,1-4H3,(H,15,16,21). The van der Waals surface area contributed by atoms with Crippen LogP contribution >= 0.6 is 0 Å². The Morgan fingerprint density at radius 2 is 2.00 bits per heavy atom. The average Bonchev–Trinajstić information content (AvgIpc) is 2.95. The molecular formula is C14H16N4O6. The molecule has 0 saturated heterocycles. The summed E-state index contributed by atoms with van der Waals surface area (Å²) in [6, 6.07) is 0. The van der Waals surface area contributed by atoms with Crippen molar-refractivity contribution >= 4 is 11.8 Å². The van der Waals surface area contributed by atoms with Crippen LogP contribution in [0.25, 0.3) is 0 Å². The highest BCUT2D eigenvalue weighted by Crippen LogP contribution is 2.26. The van der Waals surface area contributed by atoms with E-state index in [2.05, 4.69) is 24.9 Å². The van der Waals surface area contributed by atoms with E-state index in [1.54, 1.807) is 20.8 Å². The molecule has 0 aromatic carbocycles. The predicted octanol–water partition coefficient (Wildman–Crippen LogP) is 0.504. The third-order valence-corrected chi connectivity index (χ3v) is 3.28. The van der Waals surface area contributed by atoms with Gasteiger partial charge in [0.2, 0.25) is 17.4 Å². The molecule has 0 amide bonds. The number of rotatable bonds is 5. The molecule has 2 heterocycles. The fourth-order valence-corrected chi connectivity index (χ4v) is 2.00. The summed E-state index contributed by atoms with van der Waals surface area (Å²) in [6.45, 7) is 4.81. The minimum atomic E-state index is -0.977. The van der Waals surface area contributed by atoms with Gasteiger partial charge in [0.1, 0.15) is 5.82 Å². The number of carbonyl (C=O) groups excluding carboxylic acids is 2. The van der Waals surface area contributed by atoms with Crippen LogP contribution in [-0.2, 0) is 10.2 Å². The molecule has 0 atom stereocenters. The van der Waals surface area contributed by atoms with E-state index in [4.69, 9.17) is 4.42 Å². The van der Waals surface area contributed by atoms with E-state index in [1.807, 2.05) is 0 Å². The average molecular weight is 336 g/mol. The third-order valence-electron chi connectivity index (χ3n) is 3.28. The number of ether oxygens (including phenoxy) is 1. The Bertz CT molecular complexity index is 851. The largest absolute Gasteiger partial charge is 0.501 e. The lowest BCUT2D eigenvalue weighted by Crippen LogP contribution is -2.29. The summed E-state index contributed by atoms with van der Waals surface area (Å²) in [4.78, 5) is 41.9. The van der Waals surface area contributed by atoms with Gasteiger partial charge in [-0.15, -0.1) is 10.2 Å². The number of ketones is 1. The van der Waals surface area contributed by atoms with Crippen molar-refractivity contribution in [3.63, 3.8) is 0 Å². The molecule has 24 heavy (non-hydrogen) atoms. The first kappa shape index (κ1) is 17.3. The Balaban J connectivity index is 2.38. The fraction of sp³-hybridized carbons (Fsp3) is 0.429. The number of esters is 1. The molecule has 10 nitrogen and oxygen atoms in total. The zero-order valence-corrected chi connectivity index (χ0v) is 13.5. The number of hydrogen-bond donors (Lipinski definition) is 2. The summed E-state index contributed by atoms with van der Waals surface area (Å²) in [5.74, 6) is -2.13. The van der Waals surface area contributed by atoms with Gasteiger partial charge in [-0.05, 0) is 0 Å². The highest BCUT2D eigenvalue weighted by Gasteiger charge is 2.32. The van der Waals surface area contributed by atoms with E-state index in [0.717, 1.165) is 7.11 Å². The molecule has 2 aromatic rings. The van der Waals surface area contributed by atoms with Gasteiger partial charge in [0, 0.05) is 18.8 Å². The number of methoxy groups -OCH3 is 1. The van der Waals surface area contributed by atoms with Crippen molar-refractivity contribution in [2.45, 2.75) is 32.6 Å². The van der Waals surface area contributed by atoms with Crippen molar-refractivity contribution in [3.8, 4) is 5.75 Å². The number of aromatic amines is 1. The van der Waals surface area contributed by atoms with Gasteiger partial charge in [-0.1, -0.05) is 13.8 Å². The van der Waals surface area contributed by atoms with Crippen LogP contribution in [0.5, 0.6) is 5.75 Å². The minimum absolute atomic E-state index is 0.0373. The molecule has 0 bridgehead atoms. The summed E-state index contributed by atoms with van der Waals surface area (Å²) in [5, 5.41) is 16.9. The maximum absolute atomic E-state index is 12.2. The van der Waals surface area contributed by atoms with Crippen molar-refractivity contribution in [1.29, 1.82) is 0 Å². The molecule has 0 saturated carbocycles. The first-order valence-corrected chi connectivity index (χ1v) is 6.91. The molecule has 2 N–H and O–H groups in total. The van der Waals surface area contributed by atoms with Gasteiger partial charge in [0.05, 0.1) is 7.11 Å². The Kier molecular flexibility index (Phi) is 4.49. The summed E-state index contributed by atoms with van der Waals surface area (Å²) >= 11 is 0. The molecular weight excluding hydrogens is 320 g/mol. The predicted molar refractivity (Wildman–Crippen MR) is 78.9 cm³/mol. The zero-order valence-electron chi connectivity index (χ0n) is 13.5. The van der Waals surface area contributed by atoms with Gasteiger partial charge in [0.25, 0.3) is 11.4 Å². The maximum Gasteiger partial charge on any atom is 0.360 e. The molecule has 0 spiro atoms. The van der Waals surface area contributed by atoms with Gasteiger partial charge >= 0.3 is 5.97 Å². The second-order valence-corrected chi connectivity index (χ2v) is 5.71. The van der Waals surface area contributed by atoms with Crippen LogP contribution in [0.4, 0.5) is 0 Å². The Hall–Kier alpha value is -3.04. The molecule has 0 aliphatic carbocycles. The molecule has 10 heteroatoms. The van der Waals surface area contributed by atoms with E-state index in [9.17, 15) is 19.5 Å². The second kappa shape index (κ2) is 6.22. The quantitative estimate of drug-likeness (QED) is 0.588. The van der Waals surface area contributed by atoms with E-state index in [0.29, 0.717) is 0 Å². The lowest BCUT2D eigenvalue weighted by Gasteiger charge is -2.22. The van der Waals surface area contributed by atoms with Gasteiger partial charge < -0.3 is 19.2 Å². The molecule has 2 rings (SSSR count). The zero-order chi connectivity index (χ0) is 18.1. The van der Waals surface area contributed by atoms with Crippen molar-refractivity contribution in [1.82, 2.24) is 20.2 Å². The first-order valence-electron chi connectivity index (χ1n) is 6.91. The number of nitrogens with zero attached hydrogens (tertiary/aromatic N) is 3. The number of carbonyl (C=O) groups is 2. The number of aryl methyl sites for hydroxylation is 1. The highest BCUT2D eigenvalue weighted by atomic mass is 16.5. The van der Waals surface area contributed by atoms with Crippen LogP contribution in [0.2, 0.25) is 0 Å². The van der Waals surface area contributed by atoms with Crippen molar-refractivity contribution in [2.75, 3.05) is 7.11 Å². The molecule has 0 aliphatic rings. The summed E-state index contributed by atoms with van der Waals surface area (Å²) in [6.07, 6.45) is -0.122. The van der Waals surface area contributed by atoms with Crippen LogP contribution in [0.3, 0.4) is 0 Å². The molecule has 0 radical (unpaired) electrons. The van der Waals surface area contributed by atoms with Gasteiger partial charge in [0.15, 0.2) is 5.69 Å². The maximum atomic E-state index is 12.2. The number of hydrogen-bond acceptors (Lipinski definition) is 9. The molecule has 0 fully saturated rings. The number of aromatic nitrogens is 4. The van der Waals surface area contributed by atoms with Gasteiger partial charge in [-0.25, -0.2) is 9.78 Å². The smallest absolute Gasteiger partial charge is 0.360 e. The number of aromatic hydroxyl groups is 1. The van der Waals surface area contributed by atoms with Crippen molar-refractivity contribution in [2.24, 2.45) is 0 Å². The third kappa shape index (κ3) is 3.31. The van der Waals surface area contributed by atoms with Crippen LogP contribution in [0.1, 0.15) is 53.2 Å². The summed E-state index contributed by atoms with van der Waals surface area (Å²) < 4.78 is 9.55. The Morgan fingerprint density at radius 3 is 2.54 bits per heavy atom. The summed E-state index contributed by atoms with van der Waals surface area (Å²) in [5.41, 5.74) is -2.41. The van der Waals surface area contributed by atoms with Crippen LogP contribution in [0, 0.1) is 6.92 Å². The molecule has 128 valence electrons. The molecule has 0 unspecified atom stereocenters.